The highest BCUT2D eigenvalue weighted by Gasteiger charge is 2.21. The van der Waals surface area contributed by atoms with Crippen LogP contribution >= 0.6 is 0 Å². The number of sulfonamides is 1. The van der Waals surface area contributed by atoms with Crippen LogP contribution in [0.15, 0.2) is 100 Å². The first-order chi connectivity index (χ1) is 21.0. The van der Waals surface area contributed by atoms with Gasteiger partial charge in [0.2, 0.25) is 0 Å². The predicted octanol–water partition coefficient (Wildman–Crippen LogP) is 3.77. The van der Waals surface area contributed by atoms with E-state index in [4.69, 9.17) is 0 Å². The number of aryl methyl sites for hydroxylation is 1. The summed E-state index contributed by atoms with van der Waals surface area (Å²) >= 11 is 0. The molecule has 0 spiro atoms. The van der Waals surface area contributed by atoms with Crippen LogP contribution in [0.4, 0.5) is 5.69 Å². The molecule has 0 saturated heterocycles. The number of hydrogen-bond acceptors (Lipinski definition) is 9. The van der Waals surface area contributed by atoms with E-state index in [9.17, 15) is 18.3 Å². The third-order valence-corrected chi connectivity index (χ3v) is 8.60. The Balaban J connectivity index is 1.14. The smallest absolute Gasteiger partial charge is 0.357 e. The first kappa shape index (κ1) is 30.7. The van der Waals surface area contributed by atoms with Crippen molar-refractivity contribution in [2.45, 2.75) is 49.9 Å². The number of β-amino-alcohol motifs (C(OH)–C–C–N with tert-alkyl or cyclic N) is 1. The van der Waals surface area contributed by atoms with Crippen molar-refractivity contribution in [3.8, 4) is 0 Å². The fourth-order valence-corrected chi connectivity index (χ4v) is 5.66. The van der Waals surface area contributed by atoms with Crippen molar-refractivity contribution in [2.24, 2.45) is 0 Å². The topological polar surface area (TPSA) is 167 Å². The van der Waals surface area contributed by atoms with Gasteiger partial charge in [0.25, 0.3) is 10.0 Å². The number of H-pyrrole nitrogens is 1. The van der Waals surface area contributed by atoms with E-state index in [1.54, 1.807) is 55.0 Å². The number of aliphatic hydroxyl groups excluding tert-OH is 1. The molecule has 5 aromatic rings. The summed E-state index contributed by atoms with van der Waals surface area (Å²) in [5, 5.41) is 20.0. The Morgan fingerprint density at radius 1 is 1.11 bits per heavy atom. The zero-order valence-corrected chi connectivity index (χ0v) is 25.3. The number of hydrogen-bond donors (Lipinski definition) is 5. The molecule has 5 N–H and O–H groups in total. The molecule has 3 aromatic heterocycles. The molecule has 1 atom stereocenters. The second-order valence-electron chi connectivity index (χ2n) is 11.1. The molecule has 230 valence electrons. The molecule has 0 aliphatic carbocycles. The van der Waals surface area contributed by atoms with E-state index in [-0.39, 0.29) is 17.0 Å². The Hall–Kier alpha value is -4.72. The monoisotopic (exact) mass is 617 g/mol. The first-order valence-corrected chi connectivity index (χ1v) is 15.5. The fraction of sp³-hybridized carbons (Fsp3) is 0.258. The lowest BCUT2D eigenvalue weighted by Crippen LogP contribution is -2.42. The molecule has 5 rings (SSSR count). The average molecular weight is 618 g/mol. The van der Waals surface area contributed by atoms with Crippen LogP contribution < -0.4 is 21.0 Å². The highest BCUT2D eigenvalue weighted by atomic mass is 32.2. The van der Waals surface area contributed by atoms with Crippen LogP contribution in [-0.2, 0) is 23.1 Å². The SMILES string of the molecule is C=C(NCc1cc(=O)o[nH]1)c1cnc2c(c1)ncn2CCC(C)(C)NC[C@H](O)c1cccc(NS(=O)(=O)c2ccccc2)c1. The molecule has 44 heavy (non-hydrogen) atoms. The van der Waals surface area contributed by atoms with Gasteiger partial charge in [-0.15, -0.1) is 0 Å². The number of imidazole rings is 1. The lowest BCUT2D eigenvalue weighted by molar-refractivity contribution is 0.158. The van der Waals surface area contributed by atoms with Crippen LogP contribution in [-0.4, -0.2) is 45.3 Å². The zero-order chi connectivity index (χ0) is 31.3. The van der Waals surface area contributed by atoms with Crippen LogP contribution in [0.5, 0.6) is 0 Å². The number of aromatic amines is 1. The molecule has 0 radical (unpaired) electrons. The van der Waals surface area contributed by atoms with Gasteiger partial charge in [0, 0.05) is 47.8 Å². The summed E-state index contributed by atoms with van der Waals surface area (Å²) in [6, 6.07) is 18.2. The van der Waals surface area contributed by atoms with Crippen LogP contribution in [0.3, 0.4) is 0 Å². The van der Waals surface area contributed by atoms with E-state index in [0.717, 1.165) is 23.1 Å². The number of anilines is 1. The van der Waals surface area contributed by atoms with Gasteiger partial charge in [-0.3, -0.25) is 4.72 Å². The summed E-state index contributed by atoms with van der Waals surface area (Å²) < 4.78 is 34.6. The predicted molar refractivity (Wildman–Crippen MR) is 168 cm³/mol. The van der Waals surface area contributed by atoms with E-state index < -0.39 is 21.8 Å². The molecule has 3 heterocycles. The van der Waals surface area contributed by atoms with E-state index in [0.29, 0.717) is 35.7 Å². The molecule has 0 fully saturated rings. The van der Waals surface area contributed by atoms with Gasteiger partial charge in [0.15, 0.2) is 5.65 Å². The number of nitrogens with one attached hydrogen (secondary N) is 4. The maximum absolute atomic E-state index is 12.7. The average Bonchev–Trinajstić information content (AvgIpc) is 3.63. The van der Waals surface area contributed by atoms with Gasteiger partial charge in [-0.05, 0) is 56.2 Å². The summed E-state index contributed by atoms with van der Waals surface area (Å²) in [5.74, 6) is 0. The minimum atomic E-state index is -3.74. The van der Waals surface area contributed by atoms with Crippen LogP contribution in [0.25, 0.3) is 16.9 Å². The van der Waals surface area contributed by atoms with Crippen LogP contribution in [0.2, 0.25) is 0 Å². The van der Waals surface area contributed by atoms with E-state index in [1.165, 1.54) is 18.2 Å². The molecule has 12 nitrogen and oxygen atoms in total. The Morgan fingerprint density at radius 3 is 2.66 bits per heavy atom. The van der Waals surface area contributed by atoms with Crippen molar-refractivity contribution in [3.05, 3.63) is 113 Å². The van der Waals surface area contributed by atoms with Crippen LogP contribution in [0.1, 0.15) is 43.2 Å². The van der Waals surface area contributed by atoms with Gasteiger partial charge in [0.1, 0.15) is 5.52 Å². The number of aromatic nitrogens is 4. The van der Waals surface area contributed by atoms with E-state index in [1.807, 2.05) is 10.6 Å². The van der Waals surface area contributed by atoms with Crippen molar-refractivity contribution in [1.29, 1.82) is 0 Å². The normalized spacial score (nSPS) is 12.7. The highest BCUT2D eigenvalue weighted by molar-refractivity contribution is 7.92. The Labute approximate surface area is 254 Å². The lowest BCUT2D eigenvalue weighted by Gasteiger charge is -2.28. The first-order valence-electron chi connectivity index (χ1n) is 14.0. The van der Waals surface area contributed by atoms with Gasteiger partial charge in [-0.25, -0.2) is 28.3 Å². The lowest BCUT2D eigenvalue weighted by atomic mass is 9.99. The number of fused-ring (bicyclic) bond motifs is 1. The van der Waals surface area contributed by atoms with Gasteiger partial charge < -0.3 is 24.8 Å². The number of pyridine rings is 1. The minimum Gasteiger partial charge on any atom is -0.387 e. The summed E-state index contributed by atoms with van der Waals surface area (Å²) in [5.41, 5.74) is 3.69. The molecule has 0 aliphatic rings. The maximum atomic E-state index is 12.7. The molecule has 0 amide bonds. The van der Waals surface area contributed by atoms with Crippen molar-refractivity contribution >= 4 is 32.6 Å². The summed E-state index contributed by atoms with van der Waals surface area (Å²) in [6.45, 7) is 9.43. The summed E-state index contributed by atoms with van der Waals surface area (Å²) in [6.07, 6.45) is 3.35. The standard InChI is InChI=1S/C31H35N7O5S/c1-21(32-18-25-16-29(40)43-36-25)23-15-27-30(33-17-23)38(20-34-27)13-12-31(2,3)35-19-28(39)22-8-7-9-24(14-22)37-44(41,42)26-10-5-4-6-11-26/h4-11,14-17,20,28,32,35-37,39H,1,12-13,18-19H2,2-3H3/t28-/m0/s1. The maximum Gasteiger partial charge on any atom is 0.357 e. The van der Waals surface area contributed by atoms with Crippen molar-refractivity contribution < 1.29 is 18.0 Å². The molecule has 13 heteroatoms. The quantitative estimate of drug-likeness (QED) is 0.125. The number of benzene rings is 2. The van der Waals surface area contributed by atoms with Gasteiger partial charge in [0.05, 0.1) is 29.6 Å². The fourth-order valence-electron chi connectivity index (χ4n) is 4.59. The van der Waals surface area contributed by atoms with Crippen molar-refractivity contribution in [2.75, 3.05) is 11.3 Å². The minimum absolute atomic E-state index is 0.166. The van der Waals surface area contributed by atoms with E-state index >= 15 is 0 Å². The van der Waals surface area contributed by atoms with Crippen LogP contribution in [0, 0.1) is 0 Å². The third-order valence-electron chi connectivity index (χ3n) is 7.20. The molecular weight excluding hydrogens is 582 g/mol. The molecule has 0 aliphatic heterocycles. The Morgan fingerprint density at radius 2 is 1.91 bits per heavy atom. The number of nitrogens with zero attached hydrogens (tertiary/aromatic N) is 3. The van der Waals surface area contributed by atoms with Crippen molar-refractivity contribution in [1.82, 2.24) is 30.3 Å². The molecule has 0 bridgehead atoms. The zero-order valence-electron chi connectivity index (χ0n) is 24.4. The van der Waals surface area contributed by atoms with Crippen molar-refractivity contribution in [3.63, 3.8) is 0 Å². The molecule has 0 saturated carbocycles. The molecule has 2 aromatic carbocycles. The van der Waals surface area contributed by atoms with Gasteiger partial charge >= 0.3 is 5.63 Å². The number of aliphatic hydroxyl groups is 1. The largest absolute Gasteiger partial charge is 0.387 e. The molecular formula is C31H35N7O5S. The second kappa shape index (κ2) is 12.9. The Kier molecular flexibility index (Phi) is 8.99. The Bertz CT molecular complexity index is 1910. The summed E-state index contributed by atoms with van der Waals surface area (Å²) in [7, 11) is -3.74. The third kappa shape index (κ3) is 7.61. The van der Waals surface area contributed by atoms with Gasteiger partial charge in [-0.2, -0.15) is 0 Å². The highest BCUT2D eigenvalue weighted by Crippen LogP contribution is 2.22. The second-order valence-corrected chi connectivity index (χ2v) is 12.8. The van der Waals surface area contributed by atoms with E-state index in [2.05, 4.69) is 55.4 Å². The summed E-state index contributed by atoms with van der Waals surface area (Å²) in [4.78, 5) is 20.5. The molecule has 0 unspecified atom stereocenters. The van der Waals surface area contributed by atoms with Gasteiger partial charge in [-0.1, -0.05) is 36.9 Å². The number of rotatable bonds is 14.